The van der Waals surface area contributed by atoms with Gasteiger partial charge in [-0.05, 0) is 12.8 Å². The van der Waals surface area contributed by atoms with Crippen LogP contribution >= 0.6 is 0 Å². The van der Waals surface area contributed by atoms with E-state index in [0.29, 0.717) is 6.04 Å². The lowest BCUT2D eigenvalue weighted by molar-refractivity contribution is -0.00501. The van der Waals surface area contributed by atoms with Gasteiger partial charge in [-0.25, -0.2) is 10.0 Å². The molecule has 0 aliphatic carbocycles. The predicted molar refractivity (Wildman–Crippen MR) is 47.1 cm³/mol. The molecule has 0 bridgehead atoms. The fraction of sp³-hybridized carbons (Fsp3) is 1.00. The molecule has 1 fully saturated rings. The van der Waals surface area contributed by atoms with E-state index in [1.54, 1.807) is 0 Å². The molecule has 2 N–H and O–H groups in total. The minimum atomic E-state index is 0.597. The highest BCUT2D eigenvalue weighted by atomic mass is 15.6. The summed E-state index contributed by atoms with van der Waals surface area (Å²) in [5, 5.41) is 4.66. The molecule has 66 valence electrons. The molecule has 1 atom stereocenters. The Balaban J connectivity index is 2.42. The molecule has 0 radical (unpaired) electrons. The summed E-state index contributed by atoms with van der Waals surface area (Å²) in [5.41, 5.74) is 5.65. The van der Waals surface area contributed by atoms with Crippen LogP contribution in [0.15, 0.2) is 0 Å². The van der Waals surface area contributed by atoms with Gasteiger partial charge in [0.15, 0.2) is 0 Å². The quantitative estimate of drug-likeness (QED) is 0.638. The van der Waals surface area contributed by atoms with E-state index in [1.807, 2.05) is 0 Å². The van der Waals surface area contributed by atoms with Crippen molar-refractivity contribution in [2.45, 2.75) is 25.8 Å². The van der Waals surface area contributed by atoms with Gasteiger partial charge in [-0.15, -0.1) is 0 Å². The van der Waals surface area contributed by atoms with E-state index in [4.69, 9.17) is 5.73 Å². The first-order valence-corrected chi connectivity index (χ1v) is 4.47. The Labute approximate surface area is 69.1 Å². The molecular formula is C8H19N3. The van der Waals surface area contributed by atoms with Gasteiger partial charge < -0.3 is 5.73 Å². The van der Waals surface area contributed by atoms with Gasteiger partial charge in [-0.2, -0.15) is 0 Å². The summed E-state index contributed by atoms with van der Waals surface area (Å²) in [6.45, 7) is 5.24. The average Bonchev–Trinajstić information content (AvgIpc) is 2.50. The maximum Gasteiger partial charge on any atom is 0.0368 e. The summed E-state index contributed by atoms with van der Waals surface area (Å²) in [4.78, 5) is 0. The molecule has 1 saturated heterocycles. The van der Waals surface area contributed by atoms with Crippen molar-refractivity contribution in [2.75, 3.05) is 26.7 Å². The van der Waals surface area contributed by atoms with E-state index in [9.17, 15) is 0 Å². The molecule has 1 aliphatic rings. The van der Waals surface area contributed by atoms with Crippen LogP contribution in [0.3, 0.4) is 0 Å². The van der Waals surface area contributed by atoms with Gasteiger partial charge in [0.2, 0.25) is 0 Å². The Morgan fingerprint density at radius 3 is 2.91 bits per heavy atom. The highest BCUT2D eigenvalue weighted by Gasteiger charge is 2.25. The first kappa shape index (κ1) is 8.97. The largest absolute Gasteiger partial charge is 0.329 e. The minimum Gasteiger partial charge on any atom is -0.329 e. The Morgan fingerprint density at radius 2 is 2.36 bits per heavy atom. The first-order chi connectivity index (χ1) is 5.29. The third kappa shape index (κ3) is 1.92. The lowest BCUT2D eigenvalue weighted by Crippen LogP contribution is -2.45. The maximum absolute atomic E-state index is 5.65. The van der Waals surface area contributed by atoms with Crippen LogP contribution in [0.2, 0.25) is 0 Å². The highest BCUT2D eigenvalue weighted by molar-refractivity contribution is 4.77. The lowest BCUT2D eigenvalue weighted by atomic mass is 10.2. The molecule has 1 heterocycles. The van der Waals surface area contributed by atoms with E-state index in [2.05, 4.69) is 24.0 Å². The van der Waals surface area contributed by atoms with Crippen LogP contribution in [0.1, 0.15) is 19.8 Å². The summed E-state index contributed by atoms with van der Waals surface area (Å²) in [6.07, 6.45) is 2.56. The van der Waals surface area contributed by atoms with Crippen molar-refractivity contribution in [1.29, 1.82) is 0 Å². The Morgan fingerprint density at radius 1 is 1.64 bits per heavy atom. The third-order valence-electron chi connectivity index (χ3n) is 2.51. The molecule has 1 aliphatic heterocycles. The fourth-order valence-electron chi connectivity index (χ4n) is 1.69. The molecule has 0 aromatic carbocycles. The van der Waals surface area contributed by atoms with Crippen molar-refractivity contribution < 1.29 is 0 Å². The highest BCUT2D eigenvalue weighted by Crippen LogP contribution is 2.16. The minimum absolute atomic E-state index is 0.597. The van der Waals surface area contributed by atoms with Crippen molar-refractivity contribution in [3.8, 4) is 0 Å². The number of hydrogen-bond acceptors (Lipinski definition) is 3. The predicted octanol–water partition coefficient (Wildman–Crippen LogP) is 0.276. The molecule has 0 amide bonds. The van der Waals surface area contributed by atoms with Crippen molar-refractivity contribution in [3.05, 3.63) is 0 Å². The first-order valence-electron chi connectivity index (χ1n) is 4.47. The average molecular weight is 157 g/mol. The Kier molecular flexibility index (Phi) is 3.30. The number of nitrogens with two attached hydrogens (primary N) is 1. The second kappa shape index (κ2) is 4.04. The molecule has 11 heavy (non-hydrogen) atoms. The van der Waals surface area contributed by atoms with Gasteiger partial charge in [0.25, 0.3) is 0 Å². The van der Waals surface area contributed by atoms with E-state index in [1.165, 1.54) is 19.4 Å². The second-order valence-corrected chi connectivity index (χ2v) is 3.17. The Bertz CT molecular complexity index is 116. The summed E-state index contributed by atoms with van der Waals surface area (Å²) in [5.74, 6) is 0. The lowest BCUT2D eigenvalue weighted by Gasteiger charge is -2.31. The van der Waals surface area contributed by atoms with Crippen LogP contribution in [-0.4, -0.2) is 42.7 Å². The van der Waals surface area contributed by atoms with E-state index in [0.717, 1.165) is 13.1 Å². The molecule has 1 rings (SSSR count). The molecule has 0 spiro atoms. The third-order valence-corrected chi connectivity index (χ3v) is 2.51. The maximum atomic E-state index is 5.65. The number of rotatable bonds is 3. The summed E-state index contributed by atoms with van der Waals surface area (Å²) in [6, 6.07) is 0.597. The molecule has 3 nitrogen and oxygen atoms in total. The molecule has 3 heteroatoms. The zero-order chi connectivity index (χ0) is 8.27. The smallest absolute Gasteiger partial charge is 0.0368 e. The number of hydrogen-bond donors (Lipinski definition) is 1. The van der Waals surface area contributed by atoms with Crippen LogP contribution in [-0.2, 0) is 0 Å². The fourth-order valence-corrected chi connectivity index (χ4v) is 1.69. The number of nitrogens with zero attached hydrogens (tertiary/aromatic N) is 2. The van der Waals surface area contributed by atoms with Gasteiger partial charge in [0, 0.05) is 32.7 Å². The van der Waals surface area contributed by atoms with Crippen LogP contribution < -0.4 is 5.73 Å². The zero-order valence-corrected chi connectivity index (χ0v) is 7.58. The van der Waals surface area contributed by atoms with Crippen molar-refractivity contribution in [2.24, 2.45) is 5.73 Å². The van der Waals surface area contributed by atoms with Gasteiger partial charge in [-0.1, -0.05) is 6.92 Å². The van der Waals surface area contributed by atoms with Crippen LogP contribution in [0, 0.1) is 0 Å². The molecule has 0 aromatic heterocycles. The van der Waals surface area contributed by atoms with Crippen molar-refractivity contribution >= 4 is 0 Å². The standard InChI is InChI=1S/C8H19N3/c1-3-10(2)11-6-4-5-8(11)7-9/h8H,3-7,9H2,1-2H3. The van der Waals surface area contributed by atoms with Crippen LogP contribution in [0.25, 0.3) is 0 Å². The topological polar surface area (TPSA) is 32.5 Å². The molecular weight excluding hydrogens is 138 g/mol. The van der Waals surface area contributed by atoms with Crippen molar-refractivity contribution in [3.63, 3.8) is 0 Å². The Hall–Kier alpha value is -0.120. The van der Waals surface area contributed by atoms with E-state index in [-0.39, 0.29) is 0 Å². The normalized spacial score (nSPS) is 26.7. The van der Waals surface area contributed by atoms with Gasteiger partial charge in [0.05, 0.1) is 0 Å². The van der Waals surface area contributed by atoms with Gasteiger partial charge in [0.1, 0.15) is 0 Å². The second-order valence-electron chi connectivity index (χ2n) is 3.17. The van der Waals surface area contributed by atoms with Gasteiger partial charge >= 0.3 is 0 Å². The van der Waals surface area contributed by atoms with Gasteiger partial charge in [-0.3, -0.25) is 0 Å². The molecule has 1 unspecified atom stereocenters. The monoisotopic (exact) mass is 157 g/mol. The van der Waals surface area contributed by atoms with Crippen LogP contribution in [0.5, 0.6) is 0 Å². The van der Waals surface area contributed by atoms with Crippen molar-refractivity contribution in [1.82, 2.24) is 10.0 Å². The molecule has 0 aromatic rings. The number of hydrazine groups is 1. The molecule has 0 saturated carbocycles. The summed E-state index contributed by atoms with van der Waals surface area (Å²) >= 11 is 0. The van der Waals surface area contributed by atoms with E-state index < -0.39 is 0 Å². The van der Waals surface area contributed by atoms with E-state index >= 15 is 0 Å². The summed E-state index contributed by atoms with van der Waals surface area (Å²) < 4.78 is 0. The summed E-state index contributed by atoms with van der Waals surface area (Å²) in [7, 11) is 2.13. The SMILES string of the molecule is CCN(C)N1CCCC1CN. The zero-order valence-electron chi connectivity index (χ0n) is 7.58. The van der Waals surface area contributed by atoms with Crippen LogP contribution in [0.4, 0.5) is 0 Å².